The van der Waals surface area contributed by atoms with E-state index < -0.39 is 17.8 Å². The molecule has 2 aromatic carbocycles. The van der Waals surface area contributed by atoms with Crippen molar-refractivity contribution in [1.29, 1.82) is 0 Å². The van der Waals surface area contributed by atoms with Gasteiger partial charge in [0, 0.05) is 63.3 Å². The van der Waals surface area contributed by atoms with Crippen LogP contribution in [0, 0.1) is 0 Å². The van der Waals surface area contributed by atoms with Crippen LogP contribution in [0.3, 0.4) is 0 Å². The van der Waals surface area contributed by atoms with Crippen molar-refractivity contribution in [2.45, 2.75) is 13.1 Å². The quantitative estimate of drug-likeness (QED) is 0.645. The molecule has 37 heavy (non-hydrogen) atoms. The normalized spacial score (nSPS) is 16.4. The summed E-state index contributed by atoms with van der Waals surface area (Å²) in [4.78, 5) is 42.8. The van der Waals surface area contributed by atoms with E-state index in [9.17, 15) is 27.6 Å². The van der Waals surface area contributed by atoms with Crippen LogP contribution >= 0.6 is 0 Å². The number of morpholine rings is 1. The summed E-state index contributed by atoms with van der Waals surface area (Å²) in [5.74, 6) is -0.423. The molecule has 2 aromatic rings. The zero-order valence-electron chi connectivity index (χ0n) is 20.3. The molecule has 2 aliphatic heterocycles. The monoisotopic (exact) mass is 519 g/mol. The Kier molecular flexibility index (Phi) is 7.86. The lowest BCUT2D eigenvalue weighted by atomic mass is 10.1. The highest BCUT2D eigenvalue weighted by atomic mass is 19.4. The predicted molar refractivity (Wildman–Crippen MR) is 132 cm³/mol. The molecule has 2 aliphatic rings. The number of ether oxygens (including phenoxy) is 1. The number of urea groups is 1. The van der Waals surface area contributed by atoms with Gasteiger partial charge in [0.15, 0.2) is 0 Å². The van der Waals surface area contributed by atoms with Gasteiger partial charge in [0.05, 0.1) is 24.3 Å². The lowest BCUT2D eigenvalue weighted by Gasteiger charge is -2.37. The van der Waals surface area contributed by atoms with Gasteiger partial charge in [0.25, 0.3) is 5.91 Å². The summed E-state index contributed by atoms with van der Waals surface area (Å²) in [7, 11) is 0. The smallest absolute Gasteiger partial charge is 0.378 e. The van der Waals surface area contributed by atoms with Gasteiger partial charge in [-0.15, -0.1) is 0 Å². The molecule has 0 saturated carbocycles. The van der Waals surface area contributed by atoms with Gasteiger partial charge in [-0.2, -0.15) is 13.2 Å². The Morgan fingerprint density at radius 2 is 1.51 bits per heavy atom. The van der Waals surface area contributed by atoms with Gasteiger partial charge in [-0.1, -0.05) is 6.07 Å². The van der Waals surface area contributed by atoms with E-state index in [2.05, 4.69) is 10.6 Å². The maximum absolute atomic E-state index is 13.4. The second-order valence-electron chi connectivity index (χ2n) is 8.80. The minimum Gasteiger partial charge on any atom is -0.378 e. The second-order valence-corrected chi connectivity index (χ2v) is 8.80. The molecule has 2 N–H and O–H groups in total. The molecule has 0 atom stereocenters. The van der Waals surface area contributed by atoms with E-state index in [4.69, 9.17) is 4.74 Å². The number of nitrogens with one attached hydrogen (secondary N) is 2. The van der Waals surface area contributed by atoms with E-state index in [1.165, 1.54) is 24.0 Å². The SMILES string of the molecule is CC(=O)Nc1ccc(N2CCN(C(=O)Nc3cccc(C(F)(F)F)c3)CC2)c(C(=O)N2CCOCC2)c1. The van der Waals surface area contributed by atoms with Crippen LogP contribution < -0.4 is 15.5 Å². The van der Waals surface area contributed by atoms with Crippen molar-refractivity contribution in [3.63, 3.8) is 0 Å². The minimum atomic E-state index is -4.50. The topological polar surface area (TPSA) is 94.2 Å². The molecule has 0 radical (unpaired) electrons. The van der Waals surface area contributed by atoms with Crippen LogP contribution in [0.5, 0.6) is 0 Å². The number of hydrogen-bond acceptors (Lipinski definition) is 5. The van der Waals surface area contributed by atoms with E-state index in [1.807, 2.05) is 4.90 Å². The first-order chi connectivity index (χ1) is 17.6. The van der Waals surface area contributed by atoms with Crippen LogP contribution in [-0.4, -0.2) is 80.1 Å². The summed E-state index contributed by atoms with van der Waals surface area (Å²) in [6.45, 7) is 4.67. The third kappa shape index (κ3) is 6.50. The van der Waals surface area contributed by atoms with E-state index >= 15 is 0 Å². The van der Waals surface area contributed by atoms with Crippen molar-refractivity contribution >= 4 is 34.9 Å². The third-order valence-electron chi connectivity index (χ3n) is 6.19. The molecule has 4 rings (SSSR count). The van der Waals surface area contributed by atoms with E-state index in [1.54, 1.807) is 23.1 Å². The van der Waals surface area contributed by atoms with E-state index in [-0.39, 0.29) is 17.5 Å². The molecule has 2 fully saturated rings. The number of nitrogens with zero attached hydrogens (tertiary/aromatic N) is 3. The Morgan fingerprint density at radius 1 is 0.838 bits per heavy atom. The first kappa shape index (κ1) is 26.3. The van der Waals surface area contributed by atoms with Crippen LogP contribution in [0.25, 0.3) is 0 Å². The van der Waals surface area contributed by atoms with Crippen molar-refractivity contribution < 1.29 is 32.3 Å². The summed E-state index contributed by atoms with van der Waals surface area (Å²) < 4.78 is 44.3. The fourth-order valence-electron chi connectivity index (χ4n) is 4.33. The molecule has 12 heteroatoms. The molecular weight excluding hydrogens is 491 g/mol. The lowest BCUT2D eigenvalue weighted by Crippen LogP contribution is -2.50. The summed E-state index contributed by atoms with van der Waals surface area (Å²) in [5.41, 5.74) is 0.856. The minimum absolute atomic E-state index is 0.0641. The van der Waals surface area contributed by atoms with Crippen LogP contribution in [0.1, 0.15) is 22.8 Å². The van der Waals surface area contributed by atoms with Crippen molar-refractivity contribution in [2.75, 3.05) is 68.0 Å². The van der Waals surface area contributed by atoms with Crippen LogP contribution in [0.4, 0.5) is 35.0 Å². The van der Waals surface area contributed by atoms with Gasteiger partial charge in [-0.3, -0.25) is 9.59 Å². The van der Waals surface area contributed by atoms with Crippen molar-refractivity contribution in [3.05, 3.63) is 53.6 Å². The molecule has 0 aromatic heterocycles. The molecule has 198 valence electrons. The van der Waals surface area contributed by atoms with Crippen LogP contribution in [0.15, 0.2) is 42.5 Å². The van der Waals surface area contributed by atoms with E-state index in [0.29, 0.717) is 69.4 Å². The van der Waals surface area contributed by atoms with Crippen LogP contribution in [0.2, 0.25) is 0 Å². The Balaban J connectivity index is 1.45. The average molecular weight is 520 g/mol. The van der Waals surface area contributed by atoms with Crippen LogP contribution in [-0.2, 0) is 15.7 Å². The number of carbonyl (C=O) groups excluding carboxylic acids is 3. The first-order valence-corrected chi connectivity index (χ1v) is 11.9. The maximum atomic E-state index is 13.4. The number of anilines is 3. The Bertz CT molecular complexity index is 1160. The lowest BCUT2D eigenvalue weighted by molar-refractivity contribution is -0.137. The molecule has 0 bridgehead atoms. The Labute approximate surface area is 212 Å². The number of benzene rings is 2. The fraction of sp³-hybridized carbons (Fsp3) is 0.400. The number of amides is 4. The number of carbonyl (C=O) groups is 3. The highest BCUT2D eigenvalue weighted by Crippen LogP contribution is 2.31. The fourth-order valence-corrected chi connectivity index (χ4v) is 4.33. The zero-order chi connectivity index (χ0) is 26.6. The summed E-state index contributed by atoms with van der Waals surface area (Å²) in [5, 5.41) is 5.24. The zero-order valence-corrected chi connectivity index (χ0v) is 20.3. The number of alkyl halides is 3. The standard InChI is InChI=1S/C25H28F3N5O4/c1-17(34)29-20-5-6-22(21(16-20)23(35)32-11-13-37-14-12-32)31-7-9-33(10-8-31)24(36)30-19-4-2-3-18(15-19)25(26,27)28/h2-6,15-16H,7-14H2,1H3,(H,29,34)(H,30,36). The molecule has 2 heterocycles. The molecule has 0 spiro atoms. The van der Waals surface area contributed by atoms with Gasteiger partial charge >= 0.3 is 12.2 Å². The van der Waals surface area contributed by atoms with Gasteiger partial charge in [-0.25, -0.2) is 4.79 Å². The number of halogens is 3. The summed E-state index contributed by atoms with van der Waals surface area (Å²) in [6.07, 6.45) is -4.50. The van der Waals surface area contributed by atoms with E-state index in [0.717, 1.165) is 12.1 Å². The molecule has 2 saturated heterocycles. The maximum Gasteiger partial charge on any atom is 0.416 e. The molecule has 9 nitrogen and oxygen atoms in total. The molecular formula is C25H28F3N5O4. The van der Waals surface area contributed by atoms with Gasteiger partial charge in [0.1, 0.15) is 0 Å². The largest absolute Gasteiger partial charge is 0.416 e. The Hall–Kier alpha value is -3.80. The predicted octanol–water partition coefficient (Wildman–Crippen LogP) is 3.49. The third-order valence-corrected chi connectivity index (χ3v) is 6.19. The van der Waals surface area contributed by atoms with Gasteiger partial charge in [0.2, 0.25) is 5.91 Å². The first-order valence-electron chi connectivity index (χ1n) is 11.9. The average Bonchev–Trinajstić information content (AvgIpc) is 2.88. The highest BCUT2D eigenvalue weighted by molar-refractivity contribution is 6.02. The highest BCUT2D eigenvalue weighted by Gasteiger charge is 2.31. The summed E-state index contributed by atoms with van der Waals surface area (Å²) in [6, 6.07) is 9.15. The molecule has 0 unspecified atom stereocenters. The van der Waals surface area contributed by atoms with Crippen molar-refractivity contribution in [3.8, 4) is 0 Å². The van der Waals surface area contributed by atoms with Crippen molar-refractivity contribution in [1.82, 2.24) is 9.80 Å². The summed E-state index contributed by atoms with van der Waals surface area (Å²) >= 11 is 0. The number of rotatable bonds is 4. The van der Waals surface area contributed by atoms with Crippen molar-refractivity contribution in [2.24, 2.45) is 0 Å². The molecule has 0 aliphatic carbocycles. The number of hydrogen-bond donors (Lipinski definition) is 2. The van der Waals surface area contributed by atoms with Gasteiger partial charge in [-0.05, 0) is 36.4 Å². The van der Waals surface area contributed by atoms with Gasteiger partial charge < -0.3 is 30.1 Å². The molecule has 4 amide bonds. The Morgan fingerprint density at radius 3 is 2.16 bits per heavy atom. The second kappa shape index (κ2) is 11.1. The number of piperazine rings is 1.